The van der Waals surface area contributed by atoms with Gasteiger partial charge in [-0.15, -0.1) is 11.8 Å². The highest BCUT2D eigenvalue weighted by Crippen LogP contribution is 2.44. The molecule has 0 saturated heterocycles. The summed E-state index contributed by atoms with van der Waals surface area (Å²) in [5.74, 6) is 2.15. The molecule has 3 rings (SSSR count). The van der Waals surface area contributed by atoms with Crippen LogP contribution in [-0.2, 0) is 0 Å². The van der Waals surface area contributed by atoms with Crippen LogP contribution in [0.4, 0.5) is 0 Å². The number of aromatic nitrogens is 1. The smallest absolute Gasteiger partial charge is 0.138 e. The lowest BCUT2D eigenvalue weighted by molar-refractivity contribution is 0.241. The molecule has 3 nitrogen and oxygen atoms in total. The van der Waals surface area contributed by atoms with E-state index in [9.17, 15) is 0 Å². The van der Waals surface area contributed by atoms with Crippen LogP contribution in [0, 0.1) is 0 Å². The number of hydrogen-bond acceptors (Lipinski definition) is 4. The van der Waals surface area contributed by atoms with E-state index in [1.165, 1.54) is 10.5 Å². The van der Waals surface area contributed by atoms with Crippen LogP contribution in [0.25, 0.3) is 0 Å². The summed E-state index contributed by atoms with van der Waals surface area (Å²) in [6, 6.07) is 10.5. The molecule has 110 valence electrons. The first kappa shape index (κ1) is 14.4. The van der Waals surface area contributed by atoms with E-state index in [0.29, 0.717) is 5.92 Å². The van der Waals surface area contributed by atoms with Gasteiger partial charge >= 0.3 is 0 Å². The monoisotopic (exact) mass is 300 g/mol. The van der Waals surface area contributed by atoms with Crippen molar-refractivity contribution < 1.29 is 4.74 Å². The molecule has 2 N–H and O–H groups in total. The van der Waals surface area contributed by atoms with E-state index in [1.54, 1.807) is 6.20 Å². The van der Waals surface area contributed by atoms with Gasteiger partial charge in [-0.25, -0.2) is 0 Å². The fourth-order valence-electron chi connectivity index (χ4n) is 2.67. The van der Waals surface area contributed by atoms with Gasteiger partial charge in [0, 0.05) is 28.8 Å². The molecule has 21 heavy (non-hydrogen) atoms. The van der Waals surface area contributed by atoms with Crippen LogP contribution in [-0.4, -0.2) is 16.8 Å². The average Bonchev–Trinajstić information content (AvgIpc) is 2.90. The Balaban J connectivity index is 1.84. The van der Waals surface area contributed by atoms with Crippen molar-refractivity contribution in [3.63, 3.8) is 0 Å². The summed E-state index contributed by atoms with van der Waals surface area (Å²) in [4.78, 5) is 5.62. The fraction of sp³-hybridized carbons (Fsp3) is 0.353. The minimum atomic E-state index is -0.0515. The number of nitrogens with two attached hydrogens (primary N) is 1. The Labute approximate surface area is 129 Å². The maximum Gasteiger partial charge on any atom is 0.138 e. The Bertz CT molecular complexity index is 630. The van der Waals surface area contributed by atoms with Crippen molar-refractivity contribution in [1.82, 2.24) is 4.98 Å². The molecule has 4 heteroatoms. The predicted molar refractivity (Wildman–Crippen MR) is 86.8 cm³/mol. The molecule has 0 radical (unpaired) electrons. The third-order valence-corrected chi connectivity index (χ3v) is 4.87. The molecule has 0 amide bonds. The molecule has 2 atom stereocenters. The first-order valence-corrected chi connectivity index (χ1v) is 8.22. The van der Waals surface area contributed by atoms with Gasteiger partial charge in [-0.2, -0.15) is 0 Å². The normalized spacial score (nSPS) is 18.6. The fourth-order valence-corrected chi connectivity index (χ4v) is 3.98. The Morgan fingerprint density at radius 1 is 1.29 bits per heavy atom. The zero-order valence-corrected chi connectivity index (χ0v) is 13.1. The predicted octanol–water partition coefficient (Wildman–Crippen LogP) is 3.76. The summed E-state index contributed by atoms with van der Waals surface area (Å²) in [5.41, 5.74) is 8.90. The number of nitrogens with zero attached hydrogens (tertiary/aromatic N) is 1. The second-order valence-corrected chi connectivity index (χ2v) is 6.66. The highest BCUT2D eigenvalue weighted by molar-refractivity contribution is 7.99. The number of ether oxygens (including phenoxy) is 1. The molecule has 0 bridgehead atoms. The first-order chi connectivity index (χ1) is 10.1. The van der Waals surface area contributed by atoms with Gasteiger partial charge in [0.15, 0.2) is 0 Å². The topological polar surface area (TPSA) is 48.1 Å². The van der Waals surface area contributed by atoms with Crippen LogP contribution in [0.1, 0.15) is 36.9 Å². The molecule has 1 aromatic heterocycles. The van der Waals surface area contributed by atoms with Crippen LogP contribution < -0.4 is 10.5 Å². The average molecular weight is 300 g/mol. The summed E-state index contributed by atoms with van der Waals surface area (Å²) in [7, 11) is 0. The quantitative estimate of drug-likeness (QED) is 0.934. The van der Waals surface area contributed by atoms with Crippen LogP contribution >= 0.6 is 11.8 Å². The Kier molecular flexibility index (Phi) is 4.17. The van der Waals surface area contributed by atoms with Crippen LogP contribution in [0.5, 0.6) is 5.75 Å². The highest BCUT2D eigenvalue weighted by Gasteiger charge is 2.29. The van der Waals surface area contributed by atoms with E-state index >= 15 is 0 Å². The number of rotatable bonds is 4. The molecule has 0 aliphatic carbocycles. The number of hydrogen-bond donors (Lipinski definition) is 1. The molecule has 2 heterocycles. The first-order valence-electron chi connectivity index (χ1n) is 7.24. The zero-order chi connectivity index (χ0) is 14.8. The second kappa shape index (κ2) is 6.08. The molecule has 2 unspecified atom stereocenters. The molecule has 0 spiro atoms. The molecule has 1 aromatic carbocycles. The van der Waals surface area contributed by atoms with Crippen molar-refractivity contribution >= 4 is 11.8 Å². The van der Waals surface area contributed by atoms with Gasteiger partial charge in [-0.05, 0) is 37.1 Å². The van der Waals surface area contributed by atoms with Gasteiger partial charge in [0.05, 0.1) is 12.3 Å². The van der Waals surface area contributed by atoms with Gasteiger partial charge in [0.2, 0.25) is 0 Å². The van der Waals surface area contributed by atoms with Gasteiger partial charge in [-0.3, -0.25) is 4.98 Å². The summed E-state index contributed by atoms with van der Waals surface area (Å²) < 4.78 is 5.71. The van der Waals surface area contributed by atoms with Crippen molar-refractivity contribution in [3.8, 4) is 5.75 Å². The number of pyridine rings is 1. The van der Waals surface area contributed by atoms with E-state index in [2.05, 4.69) is 29.2 Å². The minimum absolute atomic E-state index is 0.0515. The summed E-state index contributed by atoms with van der Waals surface area (Å²) in [6.07, 6.45) is 3.73. The van der Waals surface area contributed by atoms with Crippen molar-refractivity contribution in [3.05, 3.63) is 53.9 Å². The summed E-state index contributed by atoms with van der Waals surface area (Å²) >= 11 is 1.88. The van der Waals surface area contributed by atoms with E-state index in [1.807, 2.05) is 37.9 Å². The van der Waals surface area contributed by atoms with Gasteiger partial charge in [0.25, 0.3) is 0 Å². The van der Waals surface area contributed by atoms with E-state index in [0.717, 1.165) is 17.1 Å². The van der Waals surface area contributed by atoms with Crippen LogP contribution in [0.2, 0.25) is 0 Å². The third-order valence-electron chi connectivity index (χ3n) is 3.66. The SMILES string of the molecule is CC(C)Oc1cncc(C(N)C2CSc3ccccc32)c1. The molecule has 1 aliphatic rings. The van der Waals surface area contributed by atoms with E-state index < -0.39 is 0 Å². The molecule has 2 aromatic rings. The van der Waals surface area contributed by atoms with E-state index in [-0.39, 0.29) is 12.1 Å². The third kappa shape index (κ3) is 3.06. The van der Waals surface area contributed by atoms with Gasteiger partial charge in [-0.1, -0.05) is 18.2 Å². The minimum Gasteiger partial charge on any atom is -0.489 e. The standard InChI is InChI=1S/C17H20N2OS/c1-11(2)20-13-7-12(8-19-9-13)17(18)15-10-21-16-6-4-3-5-14(15)16/h3-9,11,15,17H,10,18H2,1-2H3. The van der Waals surface area contributed by atoms with Crippen LogP contribution in [0.15, 0.2) is 47.6 Å². The van der Waals surface area contributed by atoms with Crippen LogP contribution in [0.3, 0.4) is 0 Å². The Morgan fingerprint density at radius 3 is 2.90 bits per heavy atom. The molecule has 0 fully saturated rings. The summed E-state index contributed by atoms with van der Waals surface area (Å²) in [6.45, 7) is 4.02. The van der Waals surface area contributed by atoms with Crippen molar-refractivity contribution in [2.45, 2.75) is 36.8 Å². The maximum atomic E-state index is 6.51. The molecule has 0 saturated carbocycles. The lowest BCUT2D eigenvalue weighted by Crippen LogP contribution is -2.20. The number of benzene rings is 1. The highest BCUT2D eigenvalue weighted by atomic mass is 32.2. The lowest BCUT2D eigenvalue weighted by atomic mass is 9.90. The second-order valence-electron chi connectivity index (χ2n) is 5.60. The van der Waals surface area contributed by atoms with Crippen molar-refractivity contribution in [2.24, 2.45) is 5.73 Å². The van der Waals surface area contributed by atoms with Gasteiger partial charge in [0.1, 0.15) is 5.75 Å². The number of fused-ring (bicyclic) bond motifs is 1. The largest absolute Gasteiger partial charge is 0.489 e. The lowest BCUT2D eigenvalue weighted by Gasteiger charge is -2.20. The molecular formula is C17H20N2OS. The Hall–Kier alpha value is -1.52. The maximum absolute atomic E-state index is 6.51. The zero-order valence-electron chi connectivity index (χ0n) is 12.3. The van der Waals surface area contributed by atoms with Crippen molar-refractivity contribution in [2.75, 3.05) is 5.75 Å². The van der Waals surface area contributed by atoms with Gasteiger partial charge < -0.3 is 10.5 Å². The molecule has 1 aliphatic heterocycles. The van der Waals surface area contributed by atoms with E-state index in [4.69, 9.17) is 10.5 Å². The molecular weight excluding hydrogens is 280 g/mol. The summed E-state index contributed by atoms with van der Waals surface area (Å²) in [5, 5.41) is 0. The van der Waals surface area contributed by atoms with Crippen molar-refractivity contribution in [1.29, 1.82) is 0 Å². The number of thioether (sulfide) groups is 1. The Morgan fingerprint density at radius 2 is 2.10 bits per heavy atom.